The summed E-state index contributed by atoms with van der Waals surface area (Å²) in [6, 6.07) is 0.450. The highest BCUT2D eigenvalue weighted by Gasteiger charge is 2.27. The van der Waals surface area contributed by atoms with Gasteiger partial charge in [0.2, 0.25) is 0 Å². The van der Waals surface area contributed by atoms with Crippen molar-refractivity contribution in [1.82, 2.24) is 19.7 Å². The molecule has 0 aromatic carbocycles. The molecule has 2 aromatic rings. The van der Waals surface area contributed by atoms with E-state index < -0.39 is 0 Å². The van der Waals surface area contributed by atoms with Crippen LogP contribution in [0.1, 0.15) is 25.8 Å². The molecule has 2 aromatic heterocycles. The van der Waals surface area contributed by atoms with Crippen molar-refractivity contribution in [3.8, 4) is 0 Å². The first-order chi connectivity index (χ1) is 7.79. The normalized spacial score (nSPS) is 15.8. The summed E-state index contributed by atoms with van der Waals surface area (Å²) >= 11 is 1.54. The van der Waals surface area contributed by atoms with Crippen molar-refractivity contribution in [2.75, 3.05) is 5.75 Å². The Balaban J connectivity index is 2.20. The second-order valence-electron chi connectivity index (χ2n) is 3.86. The third kappa shape index (κ3) is 1.53. The number of H-pyrrole nitrogens is 1. The van der Waals surface area contributed by atoms with Crippen LogP contribution in [0.15, 0.2) is 16.1 Å². The summed E-state index contributed by atoms with van der Waals surface area (Å²) in [5, 5.41) is 5.52. The second-order valence-corrected chi connectivity index (χ2v) is 5.11. The first-order valence-electron chi connectivity index (χ1n) is 5.40. The van der Waals surface area contributed by atoms with E-state index in [2.05, 4.69) is 15.1 Å². The van der Waals surface area contributed by atoms with Crippen molar-refractivity contribution in [3.05, 3.63) is 16.6 Å². The highest BCUT2D eigenvalue weighted by Crippen LogP contribution is 2.35. The van der Waals surface area contributed by atoms with Crippen LogP contribution in [0.25, 0.3) is 11.0 Å². The van der Waals surface area contributed by atoms with Crippen LogP contribution in [0.2, 0.25) is 0 Å². The van der Waals surface area contributed by atoms with E-state index in [1.165, 1.54) is 0 Å². The van der Waals surface area contributed by atoms with Crippen molar-refractivity contribution < 1.29 is 0 Å². The van der Waals surface area contributed by atoms with Gasteiger partial charge in [-0.05, 0) is 18.6 Å². The van der Waals surface area contributed by atoms with Crippen LogP contribution in [-0.2, 0) is 0 Å². The van der Waals surface area contributed by atoms with Crippen molar-refractivity contribution >= 4 is 22.8 Å². The Hall–Kier alpha value is -1.30. The van der Waals surface area contributed by atoms with Gasteiger partial charge in [-0.3, -0.25) is 4.79 Å². The zero-order valence-corrected chi connectivity index (χ0v) is 9.75. The number of nitrogens with zero attached hydrogens (tertiary/aromatic N) is 3. The van der Waals surface area contributed by atoms with E-state index in [9.17, 15) is 4.79 Å². The van der Waals surface area contributed by atoms with E-state index in [-0.39, 0.29) is 5.56 Å². The monoisotopic (exact) mass is 236 g/mol. The first-order valence-corrected chi connectivity index (χ1v) is 6.38. The Kier molecular flexibility index (Phi) is 2.24. The van der Waals surface area contributed by atoms with E-state index in [0.717, 1.165) is 24.2 Å². The van der Waals surface area contributed by atoms with Gasteiger partial charge < -0.3 is 4.98 Å². The minimum Gasteiger partial charge on any atom is -0.301 e. The molecule has 16 heavy (non-hydrogen) atoms. The average Bonchev–Trinajstić information content (AvgIpc) is 3.00. The Morgan fingerprint density at radius 2 is 2.44 bits per heavy atom. The first kappa shape index (κ1) is 9.89. The minimum atomic E-state index is -0.0900. The summed E-state index contributed by atoms with van der Waals surface area (Å²) in [5.74, 6) is 0.895. The maximum Gasteiger partial charge on any atom is 0.262 e. The van der Waals surface area contributed by atoms with Crippen molar-refractivity contribution in [1.29, 1.82) is 0 Å². The fraction of sp³-hybridized carbons (Fsp3) is 0.500. The van der Waals surface area contributed by atoms with Gasteiger partial charge in [-0.25, -0.2) is 9.67 Å². The van der Waals surface area contributed by atoms with Crippen LogP contribution in [0.4, 0.5) is 0 Å². The number of aromatic amines is 1. The topological polar surface area (TPSA) is 63.6 Å². The Bertz CT molecular complexity index is 584. The molecule has 0 spiro atoms. The zero-order chi connectivity index (χ0) is 11.1. The molecule has 0 amide bonds. The van der Waals surface area contributed by atoms with Crippen LogP contribution < -0.4 is 5.56 Å². The van der Waals surface area contributed by atoms with Crippen LogP contribution in [0.5, 0.6) is 0 Å². The molecule has 1 saturated carbocycles. The SMILES string of the molecule is CCSc1nc2c(cnn2C2CC2)c(=O)[nH]1. The van der Waals surface area contributed by atoms with Gasteiger partial charge >= 0.3 is 0 Å². The van der Waals surface area contributed by atoms with Gasteiger partial charge in [-0.1, -0.05) is 18.7 Å². The molecule has 5 nitrogen and oxygen atoms in total. The molecule has 0 radical (unpaired) electrons. The lowest BCUT2D eigenvalue weighted by Gasteiger charge is -2.01. The summed E-state index contributed by atoms with van der Waals surface area (Å²) in [5.41, 5.74) is 0.634. The molecular formula is C10H12N4OS. The lowest BCUT2D eigenvalue weighted by atomic mass is 10.4. The predicted octanol–water partition coefficient (Wildman–Crippen LogP) is 1.57. The minimum absolute atomic E-state index is 0.0900. The molecule has 2 heterocycles. The number of rotatable bonds is 3. The Morgan fingerprint density at radius 3 is 3.12 bits per heavy atom. The third-order valence-corrected chi connectivity index (χ3v) is 3.37. The number of hydrogen-bond acceptors (Lipinski definition) is 4. The van der Waals surface area contributed by atoms with E-state index in [1.807, 2.05) is 11.6 Å². The molecule has 1 fully saturated rings. The van der Waals surface area contributed by atoms with E-state index in [1.54, 1.807) is 18.0 Å². The zero-order valence-electron chi connectivity index (χ0n) is 8.93. The quantitative estimate of drug-likeness (QED) is 0.649. The summed E-state index contributed by atoms with van der Waals surface area (Å²) in [6.07, 6.45) is 3.89. The van der Waals surface area contributed by atoms with Crippen LogP contribution in [-0.4, -0.2) is 25.5 Å². The van der Waals surface area contributed by atoms with Gasteiger partial charge in [0.1, 0.15) is 5.39 Å². The lowest BCUT2D eigenvalue weighted by Crippen LogP contribution is -2.09. The highest BCUT2D eigenvalue weighted by atomic mass is 32.2. The second kappa shape index (κ2) is 3.62. The molecule has 1 aliphatic rings. The summed E-state index contributed by atoms with van der Waals surface area (Å²) in [6.45, 7) is 2.03. The molecule has 0 saturated heterocycles. The van der Waals surface area contributed by atoms with Crippen LogP contribution >= 0.6 is 11.8 Å². The van der Waals surface area contributed by atoms with E-state index in [0.29, 0.717) is 16.6 Å². The van der Waals surface area contributed by atoms with Gasteiger partial charge in [-0.15, -0.1) is 0 Å². The largest absolute Gasteiger partial charge is 0.301 e. The molecular weight excluding hydrogens is 224 g/mol. The van der Waals surface area contributed by atoms with Gasteiger partial charge in [0.05, 0.1) is 12.2 Å². The van der Waals surface area contributed by atoms with Gasteiger partial charge in [0, 0.05) is 0 Å². The maximum absolute atomic E-state index is 11.8. The number of nitrogens with one attached hydrogen (secondary N) is 1. The Labute approximate surface area is 96.3 Å². The fourth-order valence-corrected chi connectivity index (χ4v) is 2.30. The van der Waals surface area contributed by atoms with Gasteiger partial charge in [0.15, 0.2) is 10.8 Å². The predicted molar refractivity (Wildman–Crippen MR) is 62.8 cm³/mol. The average molecular weight is 236 g/mol. The number of thioether (sulfide) groups is 1. The van der Waals surface area contributed by atoms with Crippen LogP contribution in [0, 0.1) is 0 Å². The number of aromatic nitrogens is 4. The van der Waals surface area contributed by atoms with Gasteiger partial charge in [0.25, 0.3) is 5.56 Å². The molecule has 1 aliphatic carbocycles. The lowest BCUT2D eigenvalue weighted by molar-refractivity contribution is 0.654. The van der Waals surface area contributed by atoms with Gasteiger partial charge in [-0.2, -0.15) is 5.10 Å². The highest BCUT2D eigenvalue weighted by molar-refractivity contribution is 7.99. The molecule has 0 aliphatic heterocycles. The summed E-state index contributed by atoms with van der Waals surface area (Å²) in [4.78, 5) is 19.0. The van der Waals surface area contributed by atoms with E-state index >= 15 is 0 Å². The van der Waals surface area contributed by atoms with Crippen molar-refractivity contribution in [2.45, 2.75) is 31.0 Å². The molecule has 3 rings (SSSR count). The van der Waals surface area contributed by atoms with Crippen molar-refractivity contribution in [2.24, 2.45) is 0 Å². The number of fused-ring (bicyclic) bond motifs is 1. The maximum atomic E-state index is 11.8. The molecule has 0 atom stereocenters. The molecule has 1 N–H and O–H groups in total. The summed E-state index contributed by atoms with van der Waals surface area (Å²) < 4.78 is 1.88. The molecule has 0 unspecified atom stereocenters. The standard InChI is InChI=1S/C10H12N4OS/c1-2-16-10-12-8-7(9(15)13-10)5-11-14(8)6-3-4-6/h5-6H,2-4H2,1H3,(H,12,13,15). The molecule has 84 valence electrons. The molecule has 0 bridgehead atoms. The summed E-state index contributed by atoms with van der Waals surface area (Å²) in [7, 11) is 0. The fourth-order valence-electron chi connectivity index (χ4n) is 1.71. The smallest absolute Gasteiger partial charge is 0.262 e. The number of hydrogen-bond donors (Lipinski definition) is 1. The molecule has 6 heteroatoms. The van der Waals surface area contributed by atoms with Crippen molar-refractivity contribution in [3.63, 3.8) is 0 Å². The van der Waals surface area contributed by atoms with Crippen LogP contribution in [0.3, 0.4) is 0 Å². The Morgan fingerprint density at radius 1 is 1.62 bits per heavy atom. The van der Waals surface area contributed by atoms with E-state index in [4.69, 9.17) is 0 Å². The third-order valence-electron chi connectivity index (χ3n) is 2.62.